The number of carbonyl (C=O) groups is 2. The second kappa shape index (κ2) is 8.66. The minimum Gasteiger partial charge on any atom is -0.365 e. The minimum atomic E-state index is -4.69. The number of nitrogens with two attached hydrogens (primary N) is 1. The summed E-state index contributed by atoms with van der Waals surface area (Å²) in [4.78, 5) is 31.8. The molecule has 0 saturated carbocycles. The Morgan fingerprint density at radius 3 is 2.54 bits per heavy atom. The molecule has 1 saturated heterocycles. The molecule has 0 atom stereocenters. The van der Waals surface area contributed by atoms with E-state index in [9.17, 15) is 22.8 Å². The van der Waals surface area contributed by atoms with E-state index in [1.54, 1.807) is 13.0 Å². The van der Waals surface area contributed by atoms with Gasteiger partial charge >= 0.3 is 6.30 Å². The molecule has 0 bridgehead atoms. The van der Waals surface area contributed by atoms with E-state index in [1.807, 2.05) is 4.90 Å². The number of fused-ring (bicyclic) bond motifs is 1. The molecule has 194 valence electrons. The maximum absolute atomic E-state index is 13.2. The van der Waals surface area contributed by atoms with E-state index in [4.69, 9.17) is 5.73 Å². The predicted octanol–water partition coefficient (Wildman–Crippen LogP) is 3.49. The van der Waals surface area contributed by atoms with E-state index in [0.717, 1.165) is 36.8 Å². The van der Waals surface area contributed by atoms with Crippen molar-refractivity contribution >= 4 is 33.7 Å². The normalized spacial score (nSPS) is 15.6. The van der Waals surface area contributed by atoms with E-state index < -0.39 is 12.2 Å². The molecule has 0 radical (unpaired) electrons. The molecule has 1 aliphatic heterocycles. The molecule has 1 fully saturated rings. The first-order valence-electron chi connectivity index (χ1n) is 11.2. The molecular formula is C23H23F3N8O2S. The number of aryl methyl sites for hydroxylation is 1. The van der Waals surface area contributed by atoms with Crippen molar-refractivity contribution in [1.82, 2.24) is 29.3 Å². The number of likely N-dealkylation sites (tertiary alicyclic amines) is 1. The van der Waals surface area contributed by atoms with Crippen molar-refractivity contribution in [1.29, 1.82) is 0 Å². The van der Waals surface area contributed by atoms with Crippen molar-refractivity contribution in [3.8, 4) is 21.7 Å². The molecule has 0 unspecified atom stereocenters. The standard InChI is InChI=1S/C23H23F3N8O2S/c1-12-15(4-14(6-28-12)31-17(35)9-32-10-22(2,3)11-32)18-19(13-5-29-33(8-13)23(24,25)26)37-21-16(20(27)36)7-30-34(18)21/h4-8H,9-11H2,1-3H3,(H2,27,36)(H,31,35). The summed E-state index contributed by atoms with van der Waals surface area (Å²) in [6.45, 7) is 7.87. The van der Waals surface area contributed by atoms with E-state index in [-0.39, 0.29) is 33.7 Å². The summed E-state index contributed by atoms with van der Waals surface area (Å²) < 4.78 is 41.0. The largest absolute Gasteiger partial charge is 0.504 e. The van der Waals surface area contributed by atoms with E-state index >= 15 is 0 Å². The van der Waals surface area contributed by atoms with Gasteiger partial charge in [-0.25, -0.2) is 4.52 Å². The van der Waals surface area contributed by atoms with Gasteiger partial charge in [-0.15, -0.1) is 24.5 Å². The van der Waals surface area contributed by atoms with Gasteiger partial charge in [-0.2, -0.15) is 14.9 Å². The van der Waals surface area contributed by atoms with Gasteiger partial charge in [0.1, 0.15) is 4.83 Å². The van der Waals surface area contributed by atoms with Crippen LogP contribution in [0.15, 0.2) is 30.9 Å². The quantitative estimate of drug-likeness (QED) is 0.392. The highest BCUT2D eigenvalue weighted by atomic mass is 32.1. The Bertz CT molecular complexity index is 1530. The molecule has 4 aromatic heterocycles. The average Bonchev–Trinajstić information content (AvgIpc) is 3.48. The van der Waals surface area contributed by atoms with Crippen molar-refractivity contribution < 1.29 is 22.8 Å². The number of hydrogen-bond donors (Lipinski definition) is 2. The summed E-state index contributed by atoms with van der Waals surface area (Å²) in [6.07, 6.45) is 0.0848. The van der Waals surface area contributed by atoms with Gasteiger partial charge in [0.2, 0.25) is 5.91 Å². The molecule has 0 aliphatic carbocycles. The van der Waals surface area contributed by atoms with Crippen molar-refractivity contribution in [2.24, 2.45) is 11.1 Å². The molecule has 2 amide bonds. The number of anilines is 1. The second-order valence-corrected chi connectivity index (χ2v) is 10.8. The summed E-state index contributed by atoms with van der Waals surface area (Å²) >= 11 is 1.06. The lowest BCUT2D eigenvalue weighted by Gasteiger charge is -2.45. The highest BCUT2D eigenvalue weighted by Gasteiger charge is 2.35. The third-order valence-corrected chi connectivity index (χ3v) is 7.24. The van der Waals surface area contributed by atoms with Gasteiger partial charge in [0.25, 0.3) is 5.91 Å². The lowest BCUT2D eigenvalue weighted by atomic mass is 9.84. The van der Waals surface area contributed by atoms with Crippen LogP contribution in [0.2, 0.25) is 0 Å². The van der Waals surface area contributed by atoms with Crippen molar-refractivity contribution in [2.45, 2.75) is 27.1 Å². The number of carbonyl (C=O) groups excluding carboxylic acids is 2. The summed E-state index contributed by atoms with van der Waals surface area (Å²) in [6, 6.07) is 1.69. The molecule has 14 heteroatoms. The van der Waals surface area contributed by atoms with Crippen LogP contribution in [0.5, 0.6) is 0 Å². The maximum atomic E-state index is 13.2. The molecule has 5 heterocycles. The van der Waals surface area contributed by atoms with Gasteiger partial charge in [0, 0.05) is 36.1 Å². The third-order valence-electron chi connectivity index (χ3n) is 6.02. The predicted molar refractivity (Wildman–Crippen MR) is 131 cm³/mol. The van der Waals surface area contributed by atoms with Crippen LogP contribution < -0.4 is 11.1 Å². The van der Waals surface area contributed by atoms with Gasteiger partial charge < -0.3 is 11.1 Å². The van der Waals surface area contributed by atoms with Crippen LogP contribution in [0.1, 0.15) is 29.9 Å². The molecule has 1 aliphatic rings. The molecule has 10 nitrogen and oxygen atoms in total. The number of amides is 2. The van der Waals surface area contributed by atoms with Gasteiger partial charge in [0.05, 0.1) is 47.0 Å². The summed E-state index contributed by atoms with van der Waals surface area (Å²) in [5.41, 5.74) is 7.87. The maximum Gasteiger partial charge on any atom is 0.504 e. The van der Waals surface area contributed by atoms with Gasteiger partial charge in [-0.1, -0.05) is 13.8 Å². The molecule has 37 heavy (non-hydrogen) atoms. The topological polar surface area (TPSA) is 123 Å². The fraction of sp³-hybridized carbons (Fsp3) is 0.348. The van der Waals surface area contributed by atoms with Gasteiger partial charge in [0.15, 0.2) is 0 Å². The number of hydrogen-bond acceptors (Lipinski definition) is 7. The molecule has 3 N–H and O–H groups in total. The molecule has 0 spiro atoms. The lowest BCUT2D eigenvalue weighted by molar-refractivity contribution is -0.212. The first-order chi connectivity index (χ1) is 17.3. The summed E-state index contributed by atoms with van der Waals surface area (Å²) in [5.74, 6) is -0.922. The number of nitrogens with zero attached hydrogens (tertiary/aromatic N) is 6. The Hall–Kier alpha value is -3.78. The zero-order valence-corrected chi connectivity index (χ0v) is 20.9. The first kappa shape index (κ1) is 24.9. The zero-order valence-electron chi connectivity index (χ0n) is 20.1. The highest BCUT2D eigenvalue weighted by Crippen LogP contribution is 2.42. The number of pyridine rings is 1. The van der Waals surface area contributed by atoms with Crippen LogP contribution >= 0.6 is 11.3 Å². The number of aromatic nitrogens is 5. The average molecular weight is 533 g/mol. The second-order valence-electron chi connectivity index (χ2n) is 9.78. The number of rotatable bonds is 6. The van der Waals surface area contributed by atoms with Crippen LogP contribution in [-0.2, 0) is 11.1 Å². The fourth-order valence-corrected chi connectivity index (χ4v) is 5.73. The fourth-order valence-electron chi connectivity index (χ4n) is 4.54. The van der Waals surface area contributed by atoms with Crippen LogP contribution in [0, 0.1) is 12.3 Å². The number of halogens is 3. The Morgan fingerprint density at radius 1 is 1.19 bits per heavy atom. The monoisotopic (exact) mass is 532 g/mol. The molecule has 0 aromatic carbocycles. The highest BCUT2D eigenvalue weighted by molar-refractivity contribution is 7.21. The minimum absolute atomic E-state index is 0.0948. The van der Waals surface area contributed by atoms with Gasteiger partial charge in [-0.3, -0.25) is 19.5 Å². The van der Waals surface area contributed by atoms with E-state index in [0.29, 0.717) is 32.3 Å². The van der Waals surface area contributed by atoms with Crippen LogP contribution in [0.3, 0.4) is 0 Å². The Kier molecular flexibility index (Phi) is 5.83. The zero-order chi connectivity index (χ0) is 26.7. The molecule has 5 rings (SSSR count). The molecule has 4 aromatic rings. The lowest BCUT2D eigenvalue weighted by Crippen LogP contribution is -2.54. The Labute approximate surface area is 212 Å². The number of nitrogens with one attached hydrogen (secondary N) is 1. The number of thiazole rings is 1. The molecular weight excluding hydrogens is 509 g/mol. The smallest absolute Gasteiger partial charge is 0.365 e. The van der Waals surface area contributed by atoms with Crippen LogP contribution in [0.4, 0.5) is 18.9 Å². The third kappa shape index (κ3) is 4.69. The Balaban J connectivity index is 1.56. The van der Waals surface area contributed by atoms with Gasteiger partial charge in [-0.05, 0) is 18.4 Å². The number of primary amides is 1. The van der Waals surface area contributed by atoms with Crippen molar-refractivity contribution in [2.75, 3.05) is 25.0 Å². The Morgan fingerprint density at radius 2 is 1.92 bits per heavy atom. The van der Waals surface area contributed by atoms with E-state index in [1.165, 1.54) is 16.9 Å². The number of alkyl halides is 3. The summed E-state index contributed by atoms with van der Waals surface area (Å²) in [7, 11) is 0. The van der Waals surface area contributed by atoms with Crippen molar-refractivity contribution in [3.05, 3.63) is 42.1 Å². The van der Waals surface area contributed by atoms with Crippen LogP contribution in [-0.4, -0.2) is 60.7 Å². The SMILES string of the molecule is Cc1ncc(NC(=O)CN2CC(C)(C)C2)cc1-c1c(-c2cnn(C(F)(F)F)c2)sc2c(C(N)=O)cnn12. The van der Waals surface area contributed by atoms with Crippen molar-refractivity contribution in [3.63, 3.8) is 0 Å². The first-order valence-corrected chi connectivity index (χ1v) is 12.1. The summed E-state index contributed by atoms with van der Waals surface area (Å²) in [5, 5.41) is 10.6. The van der Waals surface area contributed by atoms with Crippen LogP contribution in [0.25, 0.3) is 26.5 Å². The van der Waals surface area contributed by atoms with E-state index in [2.05, 4.69) is 34.3 Å².